The number of amides is 1. The van der Waals surface area contributed by atoms with Gasteiger partial charge in [-0.05, 0) is 85.5 Å². The highest BCUT2D eigenvalue weighted by Gasteiger charge is 2.25. The van der Waals surface area contributed by atoms with Gasteiger partial charge >= 0.3 is 0 Å². The van der Waals surface area contributed by atoms with Gasteiger partial charge in [0.05, 0.1) is 0 Å². The summed E-state index contributed by atoms with van der Waals surface area (Å²) in [5, 5.41) is 3.15. The predicted octanol–water partition coefficient (Wildman–Crippen LogP) is 8.19. The summed E-state index contributed by atoms with van der Waals surface area (Å²) in [4.78, 5) is 16.2. The van der Waals surface area contributed by atoms with Crippen molar-refractivity contribution in [2.24, 2.45) is 0 Å². The number of rotatable bonds is 6. The van der Waals surface area contributed by atoms with Crippen LogP contribution in [0.25, 0.3) is 17.2 Å². The van der Waals surface area contributed by atoms with Crippen molar-refractivity contribution in [3.63, 3.8) is 0 Å². The van der Waals surface area contributed by atoms with Crippen LogP contribution in [0.3, 0.4) is 0 Å². The SMILES string of the molecule is Cc1ccc(-c2ccc3c(c2)C=C(C(=O)Nc2ccc(CN4CCCCC4)cc2)CC(c2ccccc2)O3)cc1. The Morgan fingerprint density at radius 3 is 2.33 bits per heavy atom. The summed E-state index contributed by atoms with van der Waals surface area (Å²) in [6.45, 7) is 5.40. The molecule has 4 aromatic carbocycles. The molecule has 1 unspecified atom stereocenters. The van der Waals surface area contributed by atoms with Crippen LogP contribution in [-0.4, -0.2) is 23.9 Å². The first-order chi connectivity index (χ1) is 19.6. The van der Waals surface area contributed by atoms with Crippen molar-refractivity contribution in [1.82, 2.24) is 4.90 Å². The summed E-state index contributed by atoms with van der Waals surface area (Å²) in [5.41, 5.74) is 8.23. The van der Waals surface area contributed by atoms with Crippen molar-refractivity contribution in [3.05, 3.63) is 125 Å². The van der Waals surface area contributed by atoms with E-state index in [9.17, 15) is 4.79 Å². The Balaban J connectivity index is 1.26. The van der Waals surface area contributed by atoms with E-state index in [-0.39, 0.29) is 12.0 Å². The first kappa shape index (κ1) is 26.1. The van der Waals surface area contributed by atoms with E-state index in [4.69, 9.17) is 4.74 Å². The average Bonchev–Trinajstić information content (AvgIpc) is 3.19. The molecule has 1 atom stereocenters. The second-order valence-corrected chi connectivity index (χ2v) is 11.0. The van der Waals surface area contributed by atoms with Gasteiger partial charge in [-0.3, -0.25) is 9.69 Å². The highest BCUT2D eigenvalue weighted by atomic mass is 16.5. The Bertz CT molecular complexity index is 1480. The van der Waals surface area contributed by atoms with Crippen LogP contribution >= 0.6 is 0 Å². The molecular weight excluding hydrogens is 492 g/mol. The predicted molar refractivity (Wildman–Crippen MR) is 163 cm³/mol. The van der Waals surface area contributed by atoms with E-state index in [0.29, 0.717) is 12.0 Å². The number of hydrogen-bond donors (Lipinski definition) is 1. The first-order valence-electron chi connectivity index (χ1n) is 14.4. The summed E-state index contributed by atoms with van der Waals surface area (Å²) in [5.74, 6) is 0.691. The molecule has 0 saturated carbocycles. The molecule has 0 spiro atoms. The number of piperidine rings is 1. The van der Waals surface area contributed by atoms with Gasteiger partial charge in [-0.2, -0.15) is 0 Å². The molecule has 1 saturated heterocycles. The smallest absolute Gasteiger partial charge is 0.251 e. The van der Waals surface area contributed by atoms with Crippen LogP contribution in [0.5, 0.6) is 5.75 Å². The molecule has 202 valence electrons. The van der Waals surface area contributed by atoms with Gasteiger partial charge in [0.25, 0.3) is 5.91 Å². The number of benzene rings is 4. The first-order valence-corrected chi connectivity index (χ1v) is 14.4. The van der Waals surface area contributed by atoms with Crippen molar-refractivity contribution in [2.45, 2.75) is 45.3 Å². The second kappa shape index (κ2) is 11.9. The van der Waals surface area contributed by atoms with Crippen molar-refractivity contribution in [1.29, 1.82) is 0 Å². The van der Waals surface area contributed by atoms with Crippen molar-refractivity contribution >= 4 is 17.7 Å². The van der Waals surface area contributed by atoms with Crippen LogP contribution in [0.2, 0.25) is 0 Å². The van der Waals surface area contributed by atoms with E-state index in [1.54, 1.807) is 0 Å². The second-order valence-electron chi connectivity index (χ2n) is 11.0. The zero-order valence-electron chi connectivity index (χ0n) is 23.1. The zero-order valence-corrected chi connectivity index (χ0v) is 23.1. The Hall–Kier alpha value is -4.15. The van der Waals surface area contributed by atoms with Crippen LogP contribution in [0, 0.1) is 6.92 Å². The van der Waals surface area contributed by atoms with E-state index in [2.05, 4.69) is 77.8 Å². The molecule has 0 bridgehead atoms. The molecule has 1 amide bonds. The Kier molecular flexibility index (Phi) is 7.78. The lowest BCUT2D eigenvalue weighted by Gasteiger charge is -2.26. The van der Waals surface area contributed by atoms with Crippen LogP contribution in [0.4, 0.5) is 5.69 Å². The molecule has 1 fully saturated rings. The molecule has 4 aromatic rings. The minimum absolute atomic E-state index is 0.0955. The zero-order chi connectivity index (χ0) is 27.3. The number of aryl methyl sites for hydroxylation is 1. The van der Waals surface area contributed by atoms with Gasteiger partial charge in [-0.1, -0.05) is 84.8 Å². The summed E-state index contributed by atoms with van der Waals surface area (Å²) >= 11 is 0. The molecule has 0 aliphatic carbocycles. The van der Waals surface area contributed by atoms with Gasteiger partial charge in [-0.15, -0.1) is 0 Å². The average molecular weight is 529 g/mol. The quantitative estimate of drug-likeness (QED) is 0.274. The third-order valence-corrected chi connectivity index (χ3v) is 7.93. The molecule has 6 rings (SSSR count). The third kappa shape index (κ3) is 6.19. The molecule has 4 nitrogen and oxygen atoms in total. The minimum Gasteiger partial charge on any atom is -0.485 e. The number of ether oxygens (including phenoxy) is 1. The normalized spacial score (nSPS) is 17.2. The van der Waals surface area contributed by atoms with Crippen LogP contribution in [-0.2, 0) is 11.3 Å². The van der Waals surface area contributed by atoms with Crippen LogP contribution < -0.4 is 10.1 Å². The van der Waals surface area contributed by atoms with Gasteiger partial charge in [0.2, 0.25) is 0 Å². The van der Waals surface area contributed by atoms with E-state index in [0.717, 1.165) is 40.2 Å². The van der Waals surface area contributed by atoms with Gasteiger partial charge in [-0.25, -0.2) is 0 Å². The maximum absolute atomic E-state index is 13.7. The molecular formula is C36H36N2O2. The number of carbonyl (C=O) groups is 1. The lowest BCUT2D eigenvalue weighted by atomic mass is 9.98. The molecule has 0 radical (unpaired) electrons. The summed E-state index contributed by atoms with van der Waals surface area (Å²) < 4.78 is 6.53. The van der Waals surface area contributed by atoms with Gasteiger partial charge in [0.15, 0.2) is 0 Å². The van der Waals surface area contributed by atoms with Gasteiger partial charge < -0.3 is 10.1 Å². The molecule has 0 aromatic heterocycles. The fourth-order valence-corrected chi connectivity index (χ4v) is 5.63. The Morgan fingerprint density at radius 1 is 0.850 bits per heavy atom. The van der Waals surface area contributed by atoms with E-state index in [1.807, 2.05) is 42.5 Å². The van der Waals surface area contributed by atoms with Gasteiger partial charge in [0, 0.05) is 29.8 Å². The number of fused-ring (bicyclic) bond motifs is 1. The lowest BCUT2D eigenvalue weighted by Crippen LogP contribution is -2.29. The third-order valence-electron chi connectivity index (χ3n) is 7.93. The summed E-state index contributed by atoms with van der Waals surface area (Å²) in [7, 11) is 0. The molecule has 2 aliphatic rings. The number of nitrogens with zero attached hydrogens (tertiary/aromatic N) is 1. The number of carbonyl (C=O) groups excluding carboxylic acids is 1. The maximum Gasteiger partial charge on any atom is 0.251 e. The largest absolute Gasteiger partial charge is 0.485 e. The van der Waals surface area contributed by atoms with E-state index < -0.39 is 0 Å². The van der Waals surface area contributed by atoms with Crippen molar-refractivity contribution < 1.29 is 9.53 Å². The minimum atomic E-state index is -0.253. The van der Waals surface area contributed by atoms with Crippen molar-refractivity contribution in [2.75, 3.05) is 18.4 Å². The number of hydrogen-bond acceptors (Lipinski definition) is 3. The molecule has 1 N–H and O–H groups in total. The summed E-state index contributed by atoms with van der Waals surface area (Å²) in [6.07, 6.45) is 6.13. The molecule has 2 heterocycles. The lowest BCUT2D eigenvalue weighted by molar-refractivity contribution is -0.113. The fourth-order valence-electron chi connectivity index (χ4n) is 5.63. The standard InChI is InChI=1S/C36H36N2O2/c1-26-10-14-28(15-11-26)30-16-19-34-31(22-30)23-32(24-35(40-34)29-8-4-2-5-9-29)36(39)37-33-17-12-27(13-18-33)25-38-20-6-3-7-21-38/h2,4-5,8-19,22-23,35H,3,6-7,20-21,24-25H2,1H3,(H,37,39). The van der Waals surface area contributed by atoms with Crippen molar-refractivity contribution in [3.8, 4) is 16.9 Å². The monoisotopic (exact) mass is 528 g/mol. The highest BCUT2D eigenvalue weighted by molar-refractivity contribution is 6.07. The van der Waals surface area contributed by atoms with Crippen LogP contribution in [0.15, 0.2) is 103 Å². The fraction of sp³-hybridized carbons (Fsp3) is 0.250. The van der Waals surface area contributed by atoms with Crippen LogP contribution in [0.1, 0.15) is 54.0 Å². The van der Waals surface area contributed by atoms with E-state index in [1.165, 1.54) is 43.5 Å². The maximum atomic E-state index is 13.7. The Labute approximate surface area is 237 Å². The van der Waals surface area contributed by atoms with Gasteiger partial charge in [0.1, 0.15) is 11.9 Å². The number of nitrogens with one attached hydrogen (secondary N) is 1. The number of likely N-dealkylation sites (tertiary alicyclic amines) is 1. The molecule has 40 heavy (non-hydrogen) atoms. The molecule has 2 aliphatic heterocycles. The Morgan fingerprint density at radius 2 is 1.57 bits per heavy atom. The topological polar surface area (TPSA) is 41.6 Å². The summed E-state index contributed by atoms with van der Waals surface area (Å²) in [6, 6.07) is 33.2. The number of anilines is 1. The highest BCUT2D eigenvalue weighted by Crippen LogP contribution is 2.37. The van der Waals surface area contributed by atoms with E-state index >= 15 is 0 Å². The molecule has 4 heteroatoms.